The minimum Gasteiger partial charge on any atom is -0.368 e. The van der Waals surface area contributed by atoms with Crippen LogP contribution in [0.5, 0.6) is 0 Å². The molecule has 1 aliphatic rings. The van der Waals surface area contributed by atoms with E-state index in [1.807, 2.05) is 24.3 Å². The van der Waals surface area contributed by atoms with Crippen LogP contribution in [0.15, 0.2) is 28.8 Å². The summed E-state index contributed by atoms with van der Waals surface area (Å²) in [7, 11) is 3.31. The third-order valence-electron chi connectivity index (χ3n) is 4.22. The zero-order valence-corrected chi connectivity index (χ0v) is 12.8. The molecule has 0 bridgehead atoms. The molecule has 0 unspecified atom stereocenters. The van der Waals surface area contributed by atoms with Crippen LogP contribution in [0.4, 0.5) is 0 Å². The van der Waals surface area contributed by atoms with Gasteiger partial charge in [0.25, 0.3) is 5.89 Å². The van der Waals surface area contributed by atoms with Crippen molar-refractivity contribution < 1.29 is 14.1 Å². The van der Waals surface area contributed by atoms with Crippen LogP contribution < -0.4 is 5.32 Å². The van der Waals surface area contributed by atoms with Crippen molar-refractivity contribution in [3.8, 4) is 11.4 Å². The summed E-state index contributed by atoms with van der Waals surface area (Å²) in [6.07, 6.45) is 3.30. The first-order valence-corrected chi connectivity index (χ1v) is 7.36. The summed E-state index contributed by atoms with van der Waals surface area (Å²) < 4.78 is 10.9. The molecule has 1 fully saturated rings. The number of aromatic nitrogens is 2. The second kappa shape index (κ2) is 5.88. The number of likely N-dealkylation sites (N-methyl/N-ethyl adjacent to an activating group) is 1. The molecule has 2 aromatic rings. The topological polar surface area (TPSA) is 77.2 Å². The third kappa shape index (κ3) is 2.62. The molecule has 6 heteroatoms. The molecule has 22 heavy (non-hydrogen) atoms. The van der Waals surface area contributed by atoms with Gasteiger partial charge in [-0.25, -0.2) is 0 Å². The van der Waals surface area contributed by atoms with E-state index < -0.39 is 5.60 Å². The highest BCUT2D eigenvalue weighted by atomic mass is 16.5. The Balaban J connectivity index is 1.77. The van der Waals surface area contributed by atoms with E-state index in [0.29, 0.717) is 18.1 Å². The summed E-state index contributed by atoms with van der Waals surface area (Å²) in [5, 5.41) is 6.65. The number of hydrogen-bond donors (Lipinski definition) is 1. The van der Waals surface area contributed by atoms with Crippen LogP contribution in [0, 0.1) is 0 Å². The van der Waals surface area contributed by atoms with Gasteiger partial charge in [-0.2, -0.15) is 4.98 Å². The first-order valence-electron chi connectivity index (χ1n) is 7.36. The summed E-state index contributed by atoms with van der Waals surface area (Å²) in [5.41, 5.74) is 1.41. The predicted octanol–water partition coefficient (Wildman–Crippen LogP) is 2.05. The van der Waals surface area contributed by atoms with Gasteiger partial charge in [0.1, 0.15) is 5.60 Å². The van der Waals surface area contributed by atoms with Gasteiger partial charge in [-0.3, -0.25) is 4.79 Å². The lowest BCUT2D eigenvalue weighted by Crippen LogP contribution is -2.36. The maximum atomic E-state index is 11.4. The fraction of sp³-hybridized carbons (Fsp3) is 0.438. The number of benzene rings is 1. The fourth-order valence-corrected chi connectivity index (χ4v) is 2.57. The summed E-state index contributed by atoms with van der Waals surface area (Å²) in [4.78, 5) is 15.8. The predicted molar refractivity (Wildman–Crippen MR) is 80.0 cm³/mol. The highest BCUT2D eigenvalue weighted by Crippen LogP contribution is 2.43. The number of nitrogens with one attached hydrogen (secondary N) is 1. The maximum Gasteiger partial charge on any atom is 0.259 e. The van der Waals surface area contributed by atoms with Crippen molar-refractivity contribution in [2.45, 2.75) is 31.3 Å². The highest BCUT2D eigenvalue weighted by Gasteiger charge is 2.44. The standard InChI is InChI=1S/C16H19N3O3/c1-17-13(20)10-11-4-6-12(7-5-11)14-18-15(22-19-14)16(21-2)8-3-9-16/h4-7H,3,8-10H2,1-2H3,(H,17,20). The van der Waals surface area contributed by atoms with E-state index in [9.17, 15) is 4.79 Å². The molecular weight excluding hydrogens is 282 g/mol. The van der Waals surface area contributed by atoms with Gasteiger partial charge < -0.3 is 14.6 Å². The molecule has 1 aromatic carbocycles. The Morgan fingerprint density at radius 2 is 2.09 bits per heavy atom. The quantitative estimate of drug-likeness (QED) is 0.914. The minimum absolute atomic E-state index is 0.0124. The van der Waals surface area contributed by atoms with E-state index in [-0.39, 0.29) is 5.91 Å². The molecule has 1 aromatic heterocycles. The molecule has 1 heterocycles. The van der Waals surface area contributed by atoms with E-state index in [2.05, 4.69) is 15.5 Å². The number of carbonyl (C=O) groups excluding carboxylic acids is 1. The molecule has 1 N–H and O–H groups in total. The van der Waals surface area contributed by atoms with Gasteiger partial charge in [0.2, 0.25) is 11.7 Å². The zero-order chi connectivity index (χ0) is 15.6. The van der Waals surface area contributed by atoms with Gasteiger partial charge in [0, 0.05) is 19.7 Å². The second-order valence-corrected chi connectivity index (χ2v) is 5.52. The average molecular weight is 301 g/mol. The molecule has 0 radical (unpaired) electrons. The normalized spacial score (nSPS) is 16.1. The van der Waals surface area contributed by atoms with Crippen LogP contribution in [0.25, 0.3) is 11.4 Å². The zero-order valence-electron chi connectivity index (χ0n) is 12.8. The van der Waals surface area contributed by atoms with E-state index in [0.717, 1.165) is 30.4 Å². The lowest BCUT2D eigenvalue weighted by molar-refractivity contribution is -0.119. The van der Waals surface area contributed by atoms with E-state index >= 15 is 0 Å². The molecule has 116 valence electrons. The van der Waals surface area contributed by atoms with Gasteiger partial charge >= 0.3 is 0 Å². The summed E-state index contributed by atoms with van der Waals surface area (Å²) in [5.74, 6) is 1.08. The van der Waals surface area contributed by atoms with Crippen LogP contribution >= 0.6 is 0 Å². The van der Waals surface area contributed by atoms with E-state index in [1.165, 1.54) is 0 Å². The van der Waals surface area contributed by atoms with Gasteiger partial charge in [0.05, 0.1) is 6.42 Å². The van der Waals surface area contributed by atoms with Crippen molar-refractivity contribution in [3.05, 3.63) is 35.7 Å². The lowest BCUT2D eigenvalue weighted by atomic mass is 9.80. The molecule has 0 aliphatic heterocycles. The molecular formula is C16H19N3O3. The Hall–Kier alpha value is -2.21. The van der Waals surface area contributed by atoms with Crippen LogP contribution in [0.3, 0.4) is 0 Å². The number of hydrogen-bond acceptors (Lipinski definition) is 5. The Morgan fingerprint density at radius 1 is 1.36 bits per heavy atom. The number of ether oxygens (including phenoxy) is 1. The number of amides is 1. The van der Waals surface area contributed by atoms with E-state index in [1.54, 1.807) is 14.2 Å². The third-order valence-corrected chi connectivity index (χ3v) is 4.22. The maximum absolute atomic E-state index is 11.4. The SMILES string of the molecule is CNC(=O)Cc1ccc(-c2noc(C3(OC)CCC3)n2)cc1. The minimum atomic E-state index is -0.398. The molecule has 0 saturated heterocycles. The second-order valence-electron chi connectivity index (χ2n) is 5.52. The monoisotopic (exact) mass is 301 g/mol. The van der Waals surface area contributed by atoms with Crippen molar-refractivity contribution in [1.82, 2.24) is 15.5 Å². The molecule has 1 amide bonds. The summed E-state index contributed by atoms with van der Waals surface area (Å²) >= 11 is 0. The average Bonchev–Trinajstić information content (AvgIpc) is 2.97. The molecule has 0 atom stereocenters. The largest absolute Gasteiger partial charge is 0.368 e. The Bertz CT molecular complexity index is 654. The molecule has 6 nitrogen and oxygen atoms in total. The number of rotatable bonds is 5. The van der Waals surface area contributed by atoms with Gasteiger partial charge in [-0.15, -0.1) is 0 Å². The molecule has 3 rings (SSSR count). The molecule has 1 aliphatic carbocycles. The van der Waals surface area contributed by atoms with Crippen LogP contribution in [0.2, 0.25) is 0 Å². The Morgan fingerprint density at radius 3 is 2.64 bits per heavy atom. The first-order chi connectivity index (χ1) is 10.7. The van der Waals surface area contributed by atoms with E-state index in [4.69, 9.17) is 9.26 Å². The Kier molecular flexibility index (Phi) is 3.94. The number of nitrogens with zero attached hydrogens (tertiary/aromatic N) is 2. The van der Waals surface area contributed by atoms with Crippen molar-refractivity contribution in [1.29, 1.82) is 0 Å². The first kappa shape index (κ1) is 14.7. The number of carbonyl (C=O) groups is 1. The van der Waals surface area contributed by atoms with Crippen molar-refractivity contribution >= 4 is 5.91 Å². The summed E-state index contributed by atoms with van der Waals surface area (Å²) in [6, 6.07) is 7.59. The van der Waals surface area contributed by atoms with Gasteiger partial charge in [-0.05, 0) is 24.8 Å². The van der Waals surface area contributed by atoms with Gasteiger partial charge in [0.15, 0.2) is 0 Å². The van der Waals surface area contributed by atoms with Gasteiger partial charge in [-0.1, -0.05) is 29.4 Å². The van der Waals surface area contributed by atoms with Crippen LogP contribution in [0.1, 0.15) is 30.7 Å². The highest BCUT2D eigenvalue weighted by molar-refractivity contribution is 5.78. The summed E-state index contributed by atoms with van der Waals surface area (Å²) in [6.45, 7) is 0. The van der Waals surface area contributed by atoms with Crippen LogP contribution in [-0.2, 0) is 21.6 Å². The van der Waals surface area contributed by atoms with Crippen LogP contribution in [-0.4, -0.2) is 30.2 Å². The van der Waals surface area contributed by atoms with Crippen molar-refractivity contribution in [3.63, 3.8) is 0 Å². The molecule has 0 spiro atoms. The molecule has 1 saturated carbocycles. The smallest absolute Gasteiger partial charge is 0.259 e. The lowest BCUT2D eigenvalue weighted by Gasteiger charge is -2.36. The van der Waals surface area contributed by atoms with Crippen molar-refractivity contribution in [2.24, 2.45) is 0 Å². The number of methoxy groups -OCH3 is 1. The fourth-order valence-electron chi connectivity index (χ4n) is 2.57. The Labute approximate surface area is 128 Å². The van der Waals surface area contributed by atoms with Crippen molar-refractivity contribution in [2.75, 3.05) is 14.2 Å².